The van der Waals surface area contributed by atoms with E-state index >= 15 is 0 Å². The van der Waals surface area contributed by atoms with Gasteiger partial charge in [-0.2, -0.15) is 0 Å². The number of aryl methyl sites for hydroxylation is 1. The van der Waals surface area contributed by atoms with Crippen LogP contribution in [0.15, 0.2) is 51.7 Å². The zero-order valence-electron chi connectivity index (χ0n) is 16.1. The third-order valence-corrected chi connectivity index (χ3v) is 5.52. The summed E-state index contributed by atoms with van der Waals surface area (Å²) < 4.78 is 9.36. The molecule has 29 heavy (non-hydrogen) atoms. The van der Waals surface area contributed by atoms with Crippen molar-refractivity contribution in [2.45, 2.75) is 5.16 Å². The quantitative estimate of drug-likeness (QED) is 0.364. The summed E-state index contributed by atoms with van der Waals surface area (Å²) in [6.45, 7) is 3.74. The molecule has 10 heteroatoms. The van der Waals surface area contributed by atoms with E-state index in [0.717, 1.165) is 10.1 Å². The Bertz CT molecular complexity index is 1370. The van der Waals surface area contributed by atoms with E-state index in [1.165, 1.54) is 23.4 Å². The van der Waals surface area contributed by atoms with Gasteiger partial charge in [0.2, 0.25) is 0 Å². The smallest absolute Gasteiger partial charge is 0.332 e. The van der Waals surface area contributed by atoms with E-state index in [1.807, 2.05) is 24.3 Å². The number of nitrogens with zero attached hydrogens (tertiary/aromatic N) is 6. The molecule has 0 radical (unpaired) electrons. The van der Waals surface area contributed by atoms with Crippen LogP contribution in [-0.2, 0) is 14.1 Å². The van der Waals surface area contributed by atoms with Gasteiger partial charge < -0.3 is 4.74 Å². The Morgan fingerprint density at radius 3 is 2.48 bits per heavy atom. The Labute approximate surface area is 169 Å². The van der Waals surface area contributed by atoms with Gasteiger partial charge in [0.15, 0.2) is 16.5 Å². The molecule has 0 N–H and O–H groups in total. The Morgan fingerprint density at radius 1 is 1.10 bits per heavy atom. The lowest BCUT2D eigenvalue weighted by Gasteiger charge is -2.12. The summed E-state index contributed by atoms with van der Waals surface area (Å²) in [4.78, 5) is 30.0. The Hall–Kier alpha value is -3.40. The minimum atomic E-state index is -0.463. The monoisotopic (exact) mass is 410 g/mol. The molecule has 1 aromatic carbocycles. The van der Waals surface area contributed by atoms with Crippen molar-refractivity contribution in [1.82, 2.24) is 28.7 Å². The van der Waals surface area contributed by atoms with E-state index in [9.17, 15) is 9.59 Å². The van der Waals surface area contributed by atoms with Crippen LogP contribution in [0, 0.1) is 0 Å². The first-order valence-corrected chi connectivity index (χ1v) is 9.69. The second-order valence-electron chi connectivity index (χ2n) is 6.31. The van der Waals surface area contributed by atoms with Crippen molar-refractivity contribution in [3.05, 3.63) is 57.8 Å². The molecule has 0 saturated heterocycles. The minimum absolute atomic E-state index is 0.241. The maximum atomic E-state index is 12.9. The largest absolute Gasteiger partial charge is 0.497 e. The predicted octanol–water partition coefficient (Wildman–Crippen LogP) is 1.63. The molecule has 0 saturated carbocycles. The molecule has 3 heterocycles. The second kappa shape index (κ2) is 7.21. The number of hydrogen-bond donors (Lipinski definition) is 0. The van der Waals surface area contributed by atoms with Gasteiger partial charge in [0, 0.05) is 25.4 Å². The molecular formula is C19H18N6O3S. The van der Waals surface area contributed by atoms with Gasteiger partial charge in [-0.3, -0.25) is 18.3 Å². The Kier molecular flexibility index (Phi) is 4.71. The fraction of sp³-hybridized carbons (Fsp3) is 0.211. The molecule has 9 nitrogen and oxygen atoms in total. The molecule has 0 aliphatic rings. The van der Waals surface area contributed by atoms with Crippen LogP contribution < -0.4 is 16.0 Å². The number of thioether (sulfide) groups is 1. The highest BCUT2D eigenvalue weighted by atomic mass is 32.2. The molecule has 0 atom stereocenters. The molecule has 0 fully saturated rings. The summed E-state index contributed by atoms with van der Waals surface area (Å²) in [5.41, 5.74) is 0.453. The third-order valence-electron chi connectivity index (χ3n) is 4.59. The summed E-state index contributed by atoms with van der Waals surface area (Å²) in [6, 6.07) is 7.34. The normalized spacial score (nSPS) is 11.3. The Balaban J connectivity index is 2.16. The summed E-state index contributed by atoms with van der Waals surface area (Å²) in [6.07, 6.45) is 1.76. The van der Waals surface area contributed by atoms with Crippen LogP contribution in [0.2, 0.25) is 0 Å². The van der Waals surface area contributed by atoms with Crippen molar-refractivity contribution in [3.63, 3.8) is 0 Å². The van der Waals surface area contributed by atoms with Crippen molar-refractivity contribution in [2.24, 2.45) is 14.1 Å². The zero-order chi connectivity index (χ0) is 20.7. The van der Waals surface area contributed by atoms with Crippen LogP contribution in [0.1, 0.15) is 0 Å². The van der Waals surface area contributed by atoms with Gasteiger partial charge in [0.1, 0.15) is 17.0 Å². The first-order valence-electron chi connectivity index (χ1n) is 8.71. The number of methoxy groups -OCH3 is 1. The van der Waals surface area contributed by atoms with Crippen molar-refractivity contribution in [2.75, 3.05) is 12.9 Å². The number of fused-ring (bicyclic) bond motifs is 3. The second-order valence-corrected chi connectivity index (χ2v) is 7.30. The highest BCUT2D eigenvalue weighted by molar-refractivity contribution is 7.99. The number of hydrogen-bond acceptors (Lipinski definition) is 7. The van der Waals surface area contributed by atoms with Gasteiger partial charge >= 0.3 is 5.69 Å². The minimum Gasteiger partial charge on any atom is -0.497 e. The number of ether oxygens (including phenoxy) is 1. The lowest BCUT2D eigenvalue weighted by atomic mass is 10.2. The van der Waals surface area contributed by atoms with Crippen LogP contribution in [0.5, 0.6) is 5.75 Å². The molecular weight excluding hydrogens is 392 g/mol. The average molecular weight is 410 g/mol. The van der Waals surface area contributed by atoms with Crippen molar-refractivity contribution in [1.29, 1.82) is 0 Å². The molecule has 4 aromatic rings. The fourth-order valence-electron chi connectivity index (χ4n) is 3.09. The highest BCUT2D eigenvalue weighted by Crippen LogP contribution is 2.28. The van der Waals surface area contributed by atoms with Crippen molar-refractivity contribution in [3.8, 4) is 17.1 Å². The third kappa shape index (κ3) is 2.92. The van der Waals surface area contributed by atoms with Gasteiger partial charge in [-0.1, -0.05) is 17.8 Å². The van der Waals surface area contributed by atoms with Crippen LogP contribution >= 0.6 is 11.8 Å². The SMILES string of the molecule is C=CCSc1nnc2c3c(=O)n(C)c(=O)n(C)c3nc(-c3ccc(OC)cc3)n12. The van der Waals surface area contributed by atoms with E-state index < -0.39 is 11.2 Å². The molecule has 3 aromatic heterocycles. The number of aromatic nitrogens is 6. The van der Waals surface area contributed by atoms with E-state index in [-0.39, 0.29) is 11.0 Å². The summed E-state index contributed by atoms with van der Waals surface area (Å²) in [5, 5.41) is 9.33. The van der Waals surface area contributed by atoms with Crippen molar-refractivity contribution >= 4 is 28.4 Å². The highest BCUT2D eigenvalue weighted by Gasteiger charge is 2.21. The zero-order valence-corrected chi connectivity index (χ0v) is 16.9. The average Bonchev–Trinajstić information content (AvgIpc) is 3.17. The molecule has 0 aliphatic carbocycles. The lowest BCUT2D eigenvalue weighted by Crippen LogP contribution is -2.37. The van der Waals surface area contributed by atoms with E-state index in [4.69, 9.17) is 4.74 Å². The van der Waals surface area contributed by atoms with E-state index in [2.05, 4.69) is 21.8 Å². The molecule has 0 aliphatic heterocycles. The summed E-state index contributed by atoms with van der Waals surface area (Å²) in [5.74, 6) is 1.85. The lowest BCUT2D eigenvalue weighted by molar-refractivity contribution is 0.415. The van der Waals surface area contributed by atoms with Crippen LogP contribution in [-0.4, -0.2) is 41.6 Å². The number of rotatable bonds is 5. The van der Waals surface area contributed by atoms with Gasteiger partial charge in [0.25, 0.3) is 5.56 Å². The van der Waals surface area contributed by atoms with E-state index in [1.54, 1.807) is 24.6 Å². The molecule has 0 unspecified atom stereocenters. The fourth-order valence-corrected chi connectivity index (χ4v) is 3.76. The number of benzene rings is 1. The summed E-state index contributed by atoms with van der Waals surface area (Å²) in [7, 11) is 4.60. The molecule has 148 valence electrons. The molecule has 0 amide bonds. The van der Waals surface area contributed by atoms with Gasteiger partial charge in [-0.25, -0.2) is 9.78 Å². The maximum Gasteiger partial charge on any atom is 0.332 e. The predicted molar refractivity (Wildman–Crippen MR) is 112 cm³/mol. The van der Waals surface area contributed by atoms with Crippen LogP contribution in [0.4, 0.5) is 0 Å². The summed E-state index contributed by atoms with van der Waals surface area (Å²) >= 11 is 1.43. The first-order chi connectivity index (χ1) is 14.0. The standard InChI is InChI=1S/C19H18N6O3S/c1-5-10-29-18-22-21-16-13-15(23(2)19(27)24(3)17(13)26)20-14(25(16)18)11-6-8-12(28-4)9-7-11/h5-9H,1,10H2,2-4H3. The van der Waals surface area contributed by atoms with E-state index in [0.29, 0.717) is 28.1 Å². The van der Waals surface area contributed by atoms with Gasteiger partial charge in [-0.05, 0) is 24.3 Å². The maximum absolute atomic E-state index is 12.9. The topological polar surface area (TPSA) is 96.3 Å². The van der Waals surface area contributed by atoms with Crippen LogP contribution in [0.3, 0.4) is 0 Å². The molecule has 0 bridgehead atoms. The van der Waals surface area contributed by atoms with Crippen molar-refractivity contribution < 1.29 is 4.74 Å². The molecule has 0 spiro atoms. The van der Waals surface area contributed by atoms with Gasteiger partial charge in [-0.15, -0.1) is 16.8 Å². The molecule has 4 rings (SSSR count). The Morgan fingerprint density at radius 2 is 1.83 bits per heavy atom. The van der Waals surface area contributed by atoms with Crippen LogP contribution in [0.25, 0.3) is 28.1 Å². The van der Waals surface area contributed by atoms with Gasteiger partial charge in [0.05, 0.1) is 7.11 Å². The first kappa shape index (κ1) is 18.9.